The van der Waals surface area contributed by atoms with Gasteiger partial charge in [0.2, 0.25) is 0 Å². The van der Waals surface area contributed by atoms with E-state index in [1.807, 2.05) is 0 Å². The van der Waals surface area contributed by atoms with Gasteiger partial charge in [-0.2, -0.15) is 0 Å². The molecule has 0 unspecified atom stereocenters. The maximum atomic E-state index is 5.62. The maximum absolute atomic E-state index is 5.62. The monoisotopic (exact) mass is 323 g/mol. The first kappa shape index (κ1) is 14.5. The highest BCUT2D eigenvalue weighted by Crippen LogP contribution is 2.30. The summed E-state index contributed by atoms with van der Waals surface area (Å²) < 4.78 is 8.11. The molecule has 0 spiro atoms. The highest BCUT2D eigenvalue weighted by Gasteiger charge is 2.27. The van der Waals surface area contributed by atoms with E-state index in [9.17, 15) is 0 Å². The minimum Gasteiger partial charge on any atom is -0.493 e. The second-order valence-electron chi connectivity index (χ2n) is 7.47. The van der Waals surface area contributed by atoms with Crippen molar-refractivity contribution in [3.63, 3.8) is 0 Å². The van der Waals surface area contributed by atoms with Crippen LogP contribution in [-0.4, -0.2) is 34.1 Å². The number of aromatic nitrogens is 2. The summed E-state index contributed by atoms with van der Waals surface area (Å²) in [5, 5.41) is 0. The molecule has 1 aromatic heterocycles. The van der Waals surface area contributed by atoms with E-state index < -0.39 is 0 Å². The Morgan fingerprint density at radius 2 is 2.12 bits per heavy atom. The number of likely N-dealkylation sites (tertiary alicyclic amines) is 1. The van der Waals surface area contributed by atoms with E-state index in [1.165, 1.54) is 61.2 Å². The van der Waals surface area contributed by atoms with Gasteiger partial charge in [-0.15, -0.1) is 0 Å². The highest BCUT2D eigenvalue weighted by atomic mass is 16.5. The zero-order valence-corrected chi connectivity index (χ0v) is 14.2. The van der Waals surface area contributed by atoms with Crippen LogP contribution in [0.25, 0.3) is 0 Å². The topological polar surface area (TPSA) is 30.3 Å². The largest absolute Gasteiger partial charge is 0.493 e. The smallest absolute Gasteiger partial charge is 0.122 e. The molecule has 2 aromatic rings. The molecule has 2 aliphatic heterocycles. The number of aryl methyl sites for hydroxylation is 1. The molecule has 1 fully saturated rings. The Hall–Kier alpha value is -1.81. The number of hydrogen-bond acceptors (Lipinski definition) is 3. The van der Waals surface area contributed by atoms with Gasteiger partial charge < -0.3 is 9.30 Å². The summed E-state index contributed by atoms with van der Waals surface area (Å²) in [5.74, 6) is 1.09. The van der Waals surface area contributed by atoms with E-state index in [-0.39, 0.29) is 0 Å². The third-order valence-electron chi connectivity index (χ3n) is 5.86. The van der Waals surface area contributed by atoms with E-state index >= 15 is 0 Å². The van der Waals surface area contributed by atoms with Gasteiger partial charge in [0.15, 0.2) is 0 Å². The van der Waals surface area contributed by atoms with E-state index in [0.29, 0.717) is 6.04 Å². The van der Waals surface area contributed by atoms with E-state index in [1.54, 1.807) is 0 Å². The van der Waals surface area contributed by atoms with Gasteiger partial charge in [0.1, 0.15) is 5.75 Å². The summed E-state index contributed by atoms with van der Waals surface area (Å²) in [5.41, 5.74) is 5.68. The summed E-state index contributed by atoms with van der Waals surface area (Å²) in [6.45, 7) is 4.23. The summed E-state index contributed by atoms with van der Waals surface area (Å²) in [4.78, 5) is 7.27. The highest BCUT2D eigenvalue weighted by molar-refractivity contribution is 5.39. The first-order chi connectivity index (χ1) is 11.9. The van der Waals surface area contributed by atoms with Crippen molar-refractivity contribution in [2.24, 2.45) is 0 Å². The first-order valence-electron chi connectivity index (χ1n) is 9.38. The average Bonchev–Trinajstić information content (AvgIpc) is 3.33. The van der Waals surface area contributed by atoms with Crippen molar-refractivity contribution in [2.75, 3.05) is 19.7 Å². The van der Waals surface area contributed by atoms with Crippen molar-refractivity contribution in [1.82, 2.24) is 14.5 Å². The zero-order chi connectivity index (χ0) is 15.9. The fourth-order valence-electron chi connectivity index (χ4n) is 4.59. The first-order valence-corrected chi connectivity index (χ1v) is 9.38. The molecule has 0 amide bonds. The Morgan fingerprint density at radius 3 is 3.12 bits per heavy atom. The van der Waals surface area contributed by atoms with Crippen molar-refractivity contribution >= 4 is 0 Å². The molecule has 1 aliphatic carbocycles. The minimum absolute atomic E-state index is 0.608. The molecule has 5 rings (SSSR count). The SMILES string of the molecule is c1cc2c(cc1CN1CC[C@@H](n3cnc4c3CCCC4)C1)CCO2. The van der Waals surface area contributed by atoms with Gasteiger partial charge in [0, 0.05) is 37.8 Å². The van der Waals surface area contributed by atoms with Crippen LogP contribution in [0.3, 0.4) is 0 Å². The van der Waals surface area contributed by atoms with Gasteiger partial charge in [0.05, 0.1) is 18.6 Å². The molecular formula is C20H25N3O. The molecule has 1 aromatic carbocycles. The molecule has 3 heterocycles. The molecule has 0 radical (unpaired) electrons. The fraction of sp³-hybridized carbons (Fsp3) is 0.550. The van der Waals surface area contributed by atoms with E-state index in [0.717, 1.165) is 31.9 Å². The van der Waals surface area contributed by atoms with Crippen LogP contribution in [0.1, 0.15) is 47.8 Å². The normalized spacial score (nSPS) is 23.1. The summed E-state index contributed by atoms with van der Waals surface area (Å²) in [6.07, 6.45) is 9.45. The number of benzene rings is 1. The Labute approximate surface area is 143 Å². The maximum Gasteiger partial charge on any atom is 0.122 e. The van der Waals surface area contributed by atoms with Crippen LogP contribution in [0.2, 0.25) is 0 Å². The predicted molar refractivity (Wildman–Crippen MR) is 93.4 cm³/mol. The van der Waals surface area contributed by atoms with Crippen molar-refractivity contribution in [2.45, 2.75) is 51.1 Å². The Kier molecular flexibility index (Phi) is 3.58. The Bertz CT molecular complexity index is 751. The molecule has 24 heavy (non-hydrogen) atoms. The van der Waals surface area contributed by atoms with Crippen LogP contribution in [0.15, 0.2) is 24.5 Å². The molecule has 0 N–H and O–H groups in total. The van der Waals surface area contributed by atoms with Gasteiger partial charge in [-0.25, -0.2) is 4.98 Å². The number of ether oxygens (including phenoxy) is 1. The molecular weight excluding hydrogens is 298 g/mol. The average molecular weight is 323 g/mol. The third kappa shape index (κ3) is 2.53. The lowest BCUT2D eigenvalue weighted by Crippen LogP contribution is -2.22. The number of fused-ring (bicyclic) bond motifs is 2. The van der Waals surface area contributed by atoms with Gasteiger partial charge in [-0.1, -0.05) is 12.1 Å². The summed E-state index contributed by atoms with van der Waals surface area (Å²) in [7, 11) is 0. The number of nitrogens with zero attached hydrogens (tertiary/aromatic N) is 3. The van der Waals surface area contributed by atoms with Gasteiger partial charge in [-0.3, -0.25) is 4.90 Å². The molecule has 1 saturated heterocycles. The molecule has 1 atom stereocenters. The predicted octanol–water partition coefficient (Wildman–Crippen LogP) is 3.14. The van der Waals surface area contributed by atoms with Crippen LogP contribution in [-0.2, 0) is 25.8 Å². The second-order valence-corrected chi connectivity index (χ2v) is 7.47. The molecule has 0 saturated carbocycles. The minimum atomic E-state index is 0.608. The van der Waals surface area contributed by atoms with Crippen molar-refractivity contribution < 1.29 is 4.74 Å². The summed E-state index contributed by atoms with van der Waals surface area (Å²) >= 11 is 0. The van der Waals surface area contributed by atoms with Gasteiger partial charge in [0.25, 0.3) is 0 Å². The third-order valence-corrected chi connectivity index (χ3v) is 5.86. The van der Waals surface area contributed by atoms with Crippen LogP contribution in [0, 0.1) is 0 Å². The van der Waals surface area contributed by atoms with Crippen LogP contribution in [0.5, 0.6) is 5.75 Å². The fourth-order valence-corrected chi connectivity index (χ4v) is 4.59. The molecule has 3 aliphatic rings. The zero-order valence-electron chi connectivity index (χ0n) is 14.2. The molecule has 0 bridgehead atoms. The van der Waals surface area contributed by atoms with Crippen molar-refractivity contribution in [1.29, 1.82) is 0 Å². The molecule has 4 heteroatoms. The quantitative estimate of drug-likeness (QED) is 0.869. The van der Waals surface area contributed by atoms with Crippen LogP contribution >= 0.6 is 0 Å². The van der Waals surface area contributed by atoms with E-state index in [4.69, 9.17) is 4.74 Å². The van der Waals surface area contributed by atoms with Crippen LogP contribution in [0.4, 0.5) is 0 Å². The van der Waals surface area contributed by atoms with Gasteiger partial charge in [-0.05, 0) is 49.3 Å². The lowest BCUT2D eigenvalue weighted by molar-refractivity contribution is 0.314. The van der Waals surface area contributed by atoms with Gasteiger partial charge >= 0.3 is 0 Å². The van der Waals surface area contributed by atoms with Crippen molar-refractivity contribution in [3.8, 4) is 5.75 Å². The lowest BCUT2D eigenvalue weighted by atomic mass is 10.0. The molecule has 4 nitrogen and oxygen atoms in total. The number of hydrogen-bond donors (Lipinski definition) is 0. The Morgan fingerprint density at radius 1 is 1.17 bits per heavy atom. The van der Waals surface area contributed by atoms with Crippen molar-refractivity contribution in [3.05, 3.63) is 47.0 Å². The van der Waals surface area contributed by atoms with E-state index in [2.05, 4.69) is 39.0 Å². The number of imidazole rings is 1. The second kappa shape index (κ2) is 5.92. The standard InChI is InChI=1S/C20H25N3O/c1-2-4-19-18(3-1)21-14-23(19)17-7-9-22(13-17)12-15-5-6-20-16(11-15)8-10-24-20/h5-6,11,14,17H,1-4,7-10,12-13H2/t17-/m1/s1. The Balaban J connectivity index is 1.28. The van der Waals surface area contributed by atoms with Crippen LogP contribution < -0.4 is 4.74 Å². The summed E-state index contributed by atoms with van der Waals surface area (Å²) in [6, 6.07) is 7.33. The molecule has 126 valence electrons. The number of rotatable bonds is 3. The lowest BCUT2D eigenvalue weighted by Gasteiger charge is -2.20.